The number of ether oxygens (including phenoxy) is 1. The molecule has 2 heterocycles. The first-order valence-electron chi connectivity index (χ1n) is 6.77. The summed E-state index contributed by atoms with van der Waals surface area (Å²) in [5.74, 6) is 0. The topological polar surface area (TPSA) is 81.4 Å². The van der Waals surface area contributed by atoms with E-state index in [-0.39, 0.29) is 6.54 Å². The number of nitrogens with two attached hydrogens (primary N) is 1. The zero-order chi connectivity index (χ0) is 15.1. The maximum absolute atomic E-state index is 12.8. The Morgan fingerprint density at radius 3 is 2.86 bits per heavy atom. The lowest BCUT2D eigenvalue weighted by Crippen LogP contribution is -2.46. The predicted octanol–water partition coefficient (Wildman–Crippen LogP) is 1.82. The van der Waals surface area contributed by atoms with E-state index in [2.05, 4.69) is 4.72 Å². The summed E-state index contributed by atoms with van der Waals surface area (Å²) in [7, 11) is -3.63. The molecule has 1 fully saturated rings. The monoisotopic (exact) mass is 326 g/mol. The normalized spacial score (nSPS) is 23.0. The second-order valence-electron chi connectivity index (χ2n) is 5.52. The van der Waals surface area contributed by atoms with E-state index in [4.69, 9.17) is 10.5 Å². The van der Waals surface area contributed by atoms with Gasteiger partial charge in [0.15, 0.2) is 0 Å². The second kappa shape index (κ2) is 5.33. The Morgan fingerprint density at radius 2 is 2.19 bits per heavy atom. The number of thiophene rings is 1. The molecule has 114 valence electrons. The Morgan fingerprint density at radius 1 is 1.43 bits per heavy atom. The minimum Gasteiger partial charge on any atom is -0.379 e. The Labute approximate surface area is 128 Å². The van der Waals surface area contributed by atoms with Crippen molar-refractivity contribution in [2.45, 2.75) is 30.3 Å². The molecule has 7 heteroatoms. The Balaban J connectivity index is 2.10. The van der Waals surface area contributed by atoms with Crippen molar-refractivity contribution in [1.82, 2.24) is 4.72 Å². The molecule has 0 aliphatic carbocycles. The number of hydrogen-bond acceptors (Lipinski definition) is 5. The van der Waals surface area contributed by atoms with Crippen LogP contribution in [0.15, 0.2) is 29.2 Å². The Bertz CT molecular complexity index is 762. The predicted molar refractivity (Wildman–Crippen MR) is 83.9 cm³/mol. The van der Waals surface area contributed by atoms with Crippen LogP contribution in [0.1, 0.15) is 18.2 Å². The second-order valence-corrected chi connectivity index (χ2v) is 8.28. The van der Waals surface area contributed by atoms with Crippen LogP contribution in [0.4, 0.5) is 0 Å². The Hall–Kier alpha value is -0.990. The van der Waals surface area contributed by atoms with Gasteiger partial charge in [-0.2, -0.15) is 0 Å². The smallest absolute Gasteiger partial charge is 0.242 e. The molecule has 0 amide bonds. The lowest BCUT2D eigenvalue weighted by molar-refractivity contribution is 0.178. The standard InChI is InChI=1S/C14H18N2O3S2/c1-14(6-7-19-9-14)16-21(17,18)13-10-4-2-3-5-11(10)20-12(13)8-15/h2-5,16H,6-9,15H2,1H3. The first kappa shape index (κ1) is 14.9. The zero-order valence-electron chi connectivity index (χ0n) is 11.8. The van der Waals surface area contributed by atoms with E-state index < -0.39 is 15.6 Å². The SMILES string of the molecule is CC1(NS(=O)(=O)c2c(CN)sc3ccccc23)CCOC1. The van der Waals surface area contributed by atoms with Gasteiger partial charge in [0, 0.05) is 28.1 Å². The number of rotatable bonds is 4. The van der Waals surface area contributed by atoms with Gasteiger partial charge in [-0.05, 0) is 19.4 Å². The molecule has 2 aromatic rings. The van der Waals surface area contributed by atoms with E-state index in [1.54, 1.807) is 0 Å². The van der Waals surface area contributed by atoms with Gasteiger partial charge < -0.3 is 10.5 Å². The highest BCUT2D eigenvalue weighted by atomic mass is 32.2. The van der Waals surface area contributed by atoms with Crippen molar-refractivity contribution in [1.29, 1.82) is 0 Å². The molecule has 0 radical (unpaired) electrons. The maximum atomic E-state index is 12.8. The number of sulfonamides is 1. The molecule has 1 unspecified atom stereocenters. The van der Waals surface area contributed by atoms with Gasteiger partial charge >= 0.3 is 0 Å². The van der Waals surface area contributed by atoms with Crippen LogP contribution < -0.4 is 10.5 Å². The highest BCUT2D eigenvalue weighted by Gasteiger charge is 2.36. The van der Waals surface area contributed by atoms with Gasteiger partial charge in [0.25, 0.3) is 0 Å². The molecule has 1 aliphatic heterocycles. The van der Waals surface area contributed by atoms with Gasteiger partial charge in [-0.1, -0.05) is 18.2 Å². The van der Waals surface area contributed by atoms with E-state index in [1.165, 1.54) is 11.3 Å². The molecule has 1 aliphatic rings. The van der Waals surface area contributed by atoms with Crippen molar-refractivity contribution in [3.63, 3.8) is 0 Å². The third-order valence-corrected chi connectivity index (χ3v) is 6.76. The molecule has 0 bridgehead atoms. The fraction of sp³-hybridized carbons (Fsp3) is 0.429. The summed E-state index contributed by atoms with van der Waals surface area (Å²) in [6.07, 6.45) is 0.673. The molecule has 0 saturated carbocycles. The van der Waals surface area contributed by atoms with E-state index in [1.807, 2.05) is 31.2 Å². The maximum Gasteiger partial charge on any atom is 0.242 e. The average molecular weight is 326 g/mol. The first-order chi connectivity index (χ1) is 9.95. The van der Waals surface area contributed by atoms with Crippen LogP contribution in [-0.4, -0.2) is 27.2 Å². The highest BCUT2D eigenvalue weighted by molar-refractivity contribution is 7.90. The van der Waals surface area contributed by atoms with Crippen molar-refractivity contribution in [3.05, 3.63) is 29.1 Å². The van der Waals surface area contributed by atoms with Crippen LogP contribution >= 0.6 is 11.3 Å². The van der Waals surface area contributed by atoms with Crippen LogP contribution in [0.3, 0.4) is 0 Å². The van der Waals surface area contributed by atoms with Crippen LogP contribution in [-0.2, 0) is 21.3 Å². The van der Waals surface area contributed by atoms with Crippen LogP contribution in [0.5, 0.6) is 0 Å². The number of benzene rings is 1. The summed E-state index contributed by atoms with van der Waals surface area (Å²) in [5, 5.41) is 0.734. The van der Waals surface area contributed by atoms with Gasteiger partial charge in [0.2, 0.25) is 10.0 Å². The number of fused-ring (bicyclic) bond motifs is 1. The van der Waals surface area contributed by atoms with Crippen molar-refractivity contribution in [2.24, 2.45) is 5.73 Å². The molecule has 0 spiro atoms. The van der Waals surface area contributed by atoms with E-state index >= 15 is 0 Å². The van der Waals surface area contributed by atoms with Crippen LogP contribution in [0.2, 0.25) is 0 Å². The average Bonchev–Trinajstić information content (AvgIpc) is 3.01. The number of hydrogen-bond donors (Lipinski definition) is 2. The number of nitrogens with one attached hydrogen (secondary N) is 1. The summed E-state index contributed by atoms with van der Waals surface area (Å²) >= 11 is 1.43. The van der Waals surface area contributed by atoms with Crippen molar-refractivity contribution in [3.8, 4) is 0 Å². The molecule has 3 rings (SSSR count). The minimum absolute atomic E-state index is 0.211. The van der Waals surface area contributed by atoms with E-state index in [9.17, 15) is 8.42 Å². The van der Waals surface area contributed by atoms with Gasteiger partial charge in [-0.3, -0.25) is 0 Å². The van der Waals surface area contributed by atoms with Gasteiger partial charge in [0.1, 0.15) is 4.90 Å². The molecule has 1 atom stereocenters. The Kier molecular flexibility index (Phi) is 3.79. The molecule has 1 aromatic carbocycles. The van der Waals surface area contributed by atoms with Crippen molar-refractivity contribution < 1.29 is 13.2 Å². The summed E-state index contributed by atoms with van der Waals surface area (Å²) in [6, 6.07) is 7.48. The third kappa shape index (κ3) is 2.72. The van der Waals surface area contributed by atoms with Crippen molar-refractivity contribution >= 4 is 31.4 Å². The van der Waals surface area contributed by atoms with Crippen molar-refractivity contribution in [2.75, 3.05) is 13.2 Å². The lowest BCUT2D eigenvalue weighted by atomic mass is 10.0. The van der Waals surface area contributed by atoms with Crippen LogP contribution in [0, 0.1) is 0 Å². The summed E-state index contributed by atoms with van der Waals surface area (Å²) in [4.78, 5) is 1.00. The van der Waals surface area contributed by atoms with Gasteiger partial charge in [-0.15, -0.1) is 11.3 Å². The quantitative estimate of drug-likeness (QED) is 0.898. The summed E-state index contributed by atoms with van der Waals surface area (Å²) < 4.78 is 34.7. The molecule has 21 heavy (non-hydrogen) atoms. The molecule has 1 aromatic heterocycles. The minimum atomic E-state index is -3.63. The van der Waals surface area contributed by atoms with Gasteiger partial charge in [-0.25, -0.2) is 13.1 Å². The van der Waals surface area contributed by atoms with Crippen LogP contribution in [0.25, 0.3) is 10.1 Å². The molecule has 1 saturated heterocycles. The largest absolute Gasteiger partial charge is 0.379 e. The fourth-order valence-electron chi connectivity index (χ4n) is 2.62. The van der Waals surface area contributed by atoms with E-state index in [0.29, 0.717) is 29.4 Å². The summed E-state index contributed by atoms with van der Waals surface area (Å²) in [5.41, 5.74) is 5.20. The fourth-order valence-corrected chi connectivity index (χ4v) is 5.88. The molecule has 3 N–H and O–H groups in total. The zero-order valence-corrected chi connectivity index (χ0v) is 13.4. The highest BCUT2D eigenvalue weighted by Crippen LogP contribution is 2.35. The lowest BCUT2D eigenvalue weighted by Gasteiger charge is -2.23. The molecular formula is C14H18N2O3S2. The van der Waals surface area contributed by atoms with E-state index in [0.717, 1.165) is 10.1 Å². The first-order valence-corrected chi connectivity index (χ1v) is 9.07. The summed E-state index contributed by atoms with van der Waals surface area (Å²) in [6.45, 7) is 3.05. The molecular weight excluding hydrogens is 308 g/mol. The molecule has 5 nitrogen and oxygen atoms in total. The third-order valence-electron chi connectivity index (χ3n) is 3.67. The van der Waals surface area contributed by atoms with Gasteiger partial charge in [0.05, 0.1) is 12.1 Å².